The monoisotopic (exact) mass is 279 g/mol. The Kier molecular flexibility index (Phi) is 5.99. The summed E-state index contributed by atoms with van der Waals surface area (Å²) in [6, 6.07) is 7.18. The predicted molar refractivity (Wildman–Crippen MR) is 77.7 cm³/mol. The van der Waals surface area contributed by atoms with Crippen LogP contribution in [0.2, 0.25) is 0 Å². The smallest absolute Gasteiger partial charge is 0.321 e. The zero-order valence-electron chi connectivity index (χ0n) is 12.0. The van der Waals surface area contributed by atoms with Crippen LogP contribution in [0.5, 0.6) is 0 Å². The lowest BCUT2D eigenvalue weighted by molar-refractivity contribution is -0.141. The van der Waals surface area contributed by atoms with Crippen molar-refractivity contribution in [1.29, 1.82) is 0 Å². The molecule has 3 N–H and O–H groups in total. The first kappa shape index (κ1) is 16.0. The zero-order chi connectivity index (χ0) is 15.1. The summed E-state index contributed by atoms with van der Waals surface area (Å²) in [4.78, 5) is 24.1. The molecule has 0 heterocycles. The number of carbonyl (C=O) groups excluding carboxylic acids is 1. The van der Waals surface area contributed by atoms with Gasteiger partial charge in [-0.15, -0.1) is 0 Å². The number of carbonyl (C=O) groups is 2. The molecule has 110 valence electrons. The molecule has 0 saturated carbocycles. The summed E-state index contributed by atoms with van der Waals surface area (Å²) in [6.07, 6.45) is 0. The SMILES string of the molecule is CNCc1cccc(NC(=O)N(C)CC(C)C(=O)O)c1. The number of nitrogens with zero attached hydrogens (tertiary/aromatic N) is 1. The van der Waals surface area contributed by atoms with Gasteiger partial charge in [0.1, 0.15) is 0 Å². The minimum absolute atomic E-state index is 0.164. The maximum absolute atomic E-state index is 11.9. The molecule has 0 aromatic heterocycles. The Morgan fingerprint density at radius 3 is 2.70 bits per heavy atom. The summed E-state index contributed by atoms with van der Waals surface area (Å²) in [6.45, 7) is 2.45. The number of nitrogens with one attached hydrogen (secondary N) is 2. The Bertz CT molecular complexity index is 476. The van der Waals surface area contributed by atoms with Crippen molar-refractivity contribution in [1.82, 2.24) is 10.2 Å². The fraction of sp³-hybridized carbons (Fsp3) is 0.429. The minimum Gasteiger partial charge on any atom is -0.481 e. The molecule has 0 aliphatic carbocycles. The number of hydrogen-bond acceptors (Lipinski definition) is 3. The van der Waals surface area contributed by atoms with Crippen LogP contribution in [0.1, 0.15) is 12.5 Å². The van der Waals surface area contributed by atoms with Crippen molar-refractivity contribution in [3.05, 3.63) is 29.8 Å². The van der Waals surface area contributed by atoms with Crippen LogP contribution in [0.15, 0.2) is 24.3 Å². The van der Waals surface area contributed by atoms with E-state index in [1.807, 2.05) is 25.2 Å². The molecule has 1 aromatic carbocycles. The van der Waals surface area contributed by atoms with Crippen LogP contribution in [0.4, 0.5) is 10.5 Å². The van der Waals surface area contributed by atoms with Crippen LogP contribution in [0.3, 0.4) is 0 Å². The quantitative estimate of drug-likeness (QED) is 0.738. The van der Waals surface area contributed by atoms with Gasteiger partial charge in [0.2, 0.25) is 0 Å². The molecule has 0 fully saturated rings. The van der Waals surface area contributed by atoms with Crippen molar-refractivity contribution in [2.45, 2.75) is 13.5 Å². The third-order valence-electron chi connectivity index (χ3n) is 2.88. The number of benzene rings is 1. The van der Waals surface area contributed by atoms with Crippen molar-refractivity contribution in [3.8, 4) is 0 Å². The molecule has 0 bridgehead atoms. The van der Waals surface area contributed by atoms with Gasteiger partial charge in [-0.2, -0.15) is 0 Å². The predicted octanol–water partition coefficient (Wildman–Crippen LogP) is 1.59. The molecule has 1 rings (SSSR count). The van der Waals surface area contributed by atoms with Crippen LogP contribution in [0, 0.1) is 5.92 Å². The van der Waals surface area contributed by atoms with Crippen molar-refractivity contribution >= 4 is 17.7 Å². The average molecular weight is 279 g/mol. The third kappa shape index (κ3) is 4.89. The maximum Gasteiger partial charge on any atom is 0.321 e. The molecule has 6 heteroatoms. The summed E-state index contributed by atoms with van der Waals surface area (Å²) in [5, 5.41) is 14.6. The molecular weight excluding hydrogens is 258 g/mol. The van der Waals surface area contributed by atoms with E-state index in [1.54, 1.807) is 20.0 Å². The van der Waals surface area contributed by atoms with Crippen LogP contribution in [-0.2, 0) is 11.3 Å². The summed E-state index contributed by atoms with van der Waals surface area (Å²) in [7, 11) is 3.43. The molecule has 2 amide bonds. The largest absolute Gasteiger partial charge is 0.481 e. The molecule has 20 heavy (non-hydrogen) atoms. The average Bonchev–Trinajstić information content (AvgIpc) is 2.39. The van der Waals surface area contributed by atoms with E-state index in [-0.39, 0.29) is 12.6 Å². The van der Waals surface area contributed by atoms with Crippen LogP contribution in [0.25, 0.3) is 0 Å². The third-order valence-corrected chi connectivity index (χ3v) is 2.88. The van der Waals surface area contributed by atoms with Gasteiger partial charge in [-0.3, -0.25) is 4.79 Å². The van der Waals surface area contributed by atoms with E-state index in [0.29, 0.717) is 5.69 Å². The molecule has 0 spiro atoms. The highest BCUT2D eigenvalue weighted by Crippen LogP contribution is 2.11. The van der Waals surface area contributed by atoms with E-state index in [9.17, 15) is 9.59 Å². The van der Waals surface area contributed by atoms with Crippen molar-refractivity contribution in [2.75, 3.05) is 26.0 Å². The normalized spacial score (nSPS) is 11.8. The van der Waals surface area contributed by atoms with Crippen LogP contribution < -0.4 is 10.6 Å². The molecule has 0 aliphatic rings. The van der Waals surface area contributed by atoms with Gasteiger partial charge in [-0.05, 0) is 24.7 Å². The second-order valence-electron chi connectivity index (χ2n) is 4.78. The fourth-order valence-electron chi connectivity index (χ4n) is 1.75. The fourth-order valence-corrected chi connectivity index (χ4v) is 1.75. The minimum atomic E-state index is -0.916. The molecule has 1 unspecified atom stereocenters. The van der Waals surface area contributed by atoms with E-state index in [4.69, 9.17) is 5.11 Å². The van der Waals surface area contributed by atoms with Gasteiger partial charge in [0.25, 0.3) is 0 Å². The Labute approximate surface area is 118 Å². The summed E-state index contributed by atoms with van der Waals surface area (Å²) in [5.41, 5.74) is 1.75. The van der Waals surface area contributed by atoms with Gasteiger partial charge >= 0.3 is 12.0 Å². The highest BCUT2D eigenvalue weighted by atomic mass is 16.4. The lowest BCUT2D eigenvalue weighted by Gasteiger charge is -2.20. The Morgan fingerprint density at radius 2 is 2.10 bits per heavy atom. The number of hydrogen-bond donors (Lipinski definition) is 3. The Hall–Kier alpha value is -2.08. The van der Waals surface area contributed by atoms with Gasteiger partial charge in [-0.1, -0.05) is 19.1 Å². The van der Waals surface area contributed by atoms with Crippen molar-refractivity contribution in [3.63, 3.8) is 0 Å². The van der Waals surface area contributed by atoms with E-state index < -0.39 is 11.9 Å². The molecular formula is C14H21N3O3. The Balaban J connectivity index is 2.61. The first-order valence-corrected chi connectivity index (χ1v) is 6.42. The second kappa shape index (κ2) is 7.49. The zero-order valence-corrected chi connectivity index (χ0v) is 12.0. The Morgan fingerprint density at radius 1 is 1.40 bits per heavy atom. The van der Waals surface area contributed by atoms with Crippen LogP contribution >= 0.6 is 0 Å². The van der Waals surface area contributed by atoms with E-state index in [0.717, 1.165) is 12.1 Å². The number of carboxylic acid groups (broad SMARTS) is 1. The molecule has 1 atom stereocenters. The van der Waals surface area contributed by atoms with Gasteiger partial charge < -0.3 is 20.6 Å². The molecule has 0 radical (unpaired) electrons. The first-order chi connectivity index (χ1) is 9.43. The van der Waals surface area contributed by atoms with Gasteiger partial charge in [-0.25, -0.2) is 4.79 Å². The van der Waals surface area contributed by atoms with Crippen molar-refractivity contribution < 1.29 is 14.7 Å². The summed E-state index contributed by atoms with van der Waals surface area (Å²) >= 11 is 0. The van der Waals surface area contributed by atoms with E-state index in [2.05, 4.69) is 10.6 Å². The highest BCUT2D eigenvalue weighted by Gasteiger charge is 2.17. The second-order valence-corrected chi connectivity index (χ2v) is 4.78. The molecule has 6 nitrogen and oxygen atoms in total. The number of anilines is 1. The highest BCUT2D eigenvalue weighted by molar-refractivity contribution is 5.89. The van der Waals surface area contributed by atoms with Gasteiger partial charge in [0, 0.05) is 25.8 Å². The van der Waals surface area contributed by atoms with E-state index >= 15 is 0 Å². The lowest BCUT2D eigenvalue weighted by Crippen LogP contribution is -2.36. The van der Waals surface area contributed by atoms with E-state index in [1.165, 1.54) is 4.90 Å². The lowest BCUT2D eigenvalue weighted by atomic mass is 10.2. The molecule has 0 aliphatic heterocycles. The van der Waals surface area contributed by atoms with Crippen molar-refractivity contribution in [2.24, 2.45) is 5.92 Å². The van der Waals surface area contributed by atoms with Gasteiger partial charge in [0.15, 0.2) is 0 Å². The summed E-state index contributed by atoms with van der Waals surface area (Å²) < 4.78 is 0. The van der Waals surface area contributed by atoms with Gasteiger partial charge in [0.05, 0.1) is 5.92 Å². The first-order valence-electron chi connectivity index (χ1n) is 6.42. The number of amides is 2. The summed E-state index contributed by atoms with van der Waals surface area (Å²) in [5.74, 6) is -1.51. The number of aliphatic carboxylic acids is 1. The number of rotatable bonds is 6. The van der Waals surface area contributed by atoms with Crippen LogP contribution in [-0.4, -0.2) is 42.6 Å². The maximum atomic E-state index is 11.9. The number of carboxylic acids is 1. The number of urea groups is 1. The topological polar surface area (TPSA) is 81.7 Å². The molecule has 1 aromatic rings. The standard InChI is InChI=1S/C14H21N3O3/c1-10(13(18)19)9-17(3)14(20)16-12-6-4-5-11(7-12)8-15-2/h4-7,10,15H,8-9H2,1-3H3,(H,16,20)(H,18,19). The molecule has 0 saturated heterocycles.